The highest BCUT2D eigenvalue weighted by molar-refractivity contribution is 6.00. The number of benzene rings is 4. The van der Waals surface area contributed by atoms with E-state index in [4.69, 9.17) is 14.5 Å². The normalized spacial score (nSPS) is 13.1. The van der Waals surface area contributed by atoms with Crippen molar-refractivity contribution in [3.8, 4) is 11.5 Å². The summed E-state index contributed by atoms with van der Waals surface area (Å²) in [6, 6.07) is 29.7. The van der Waals surface area contributed by atoms with Gasteiger partial charge in [-0.3, -0.25) is 15.0 Å². The van der Waals surface area contributed by atoms with Crippen molar-refractivity contribution in [1.82, 2.24) is 9.88 Å². The van der Waals surface area contributed by atoms with E-state index < -0.39 is 0 Å². The summed E-state index contributed by atoms with van der Waals surface area (Å²) < 4.78 is 10.7. The minimum absolute atomic E-state index is 0.0481. The summed E-state index contributed by atoms with van der Waals surface area (Å²) in [6.45, 7) is 6.67. The Morgan fingerprint density at radius 3 is 2.02 bits per heavy atom. The number of para-hydroxylation sites is 1. The standard InChI is InChI=1S/C38H41N5O4/c1-27-22-30(10-15-31(27)26-41-20-6-7-21-41)23-39-38-37(43(44)45)36(34-8-4-5-9-35(34)40-38)42(24-28-11-16-32(46-2)17-12-28)25-29-13-18-33(47-3)19-14-29/h4-5,8-19,22H,6-7,20-21,23-26H2,1-3H3,(H,39,40). The van der Waals surface area contributed by atoms with Crippen molar-refractivity contribution in [2.45, 2.75) is 45.9 Å². The molecule has 1 saturated heterocycles. The first kappa shape index (κ1) is 31.8. The minimum atomic E-state index is -0.309. The second-order valence-electron chi connectivity index (χ2n) is 12.1. The summed E-state index contributed by atoms with van der Waals surface area (Å²) in [5.41, 5.74) is 6.74. The number of rotatable bonds is 13. The van der Waals surface area contributed by atoms with Crippen LogP contribution in [0.4, 0.5) is 17.2 Å². The second-order valence-corrected chi connectivity index (χ2v) is 12.1. The zero-order valence-corrected chi connectivity index (χ0v) is 27.2. The predicted octanol–water partition coefficient (Wildman–Crippen LogP) is 7.88. The molecule has 0 atom stereocenters. The number of nitrogens with one attached hydrogen (secondary N) is 1. The molecule has 0 unspecified atom stereocenters. The van der Waals surface area contributed by atoms with Gasteiger partial charge in [0.05, 0.1) is 24.7 Å². The van der Waals surface area contributed by atoms with Gasteiger partial charge in [0.25, 0.3) is 0 Å². The molecule has 5 aromatic rings. The lowest BCUT2D eigenvalue weighted by Crippen LogP contribution is -2.24. The van der Waals surface area contributed by atoms with E-state index >= 15 is 0 Å². The highest BCUT2D eigenvalue weighted by Gasteiger charge is 2.29. The number of ether oxygens (including phenoxy) is 2. The number of aryl methyl sites for hydroxylation is 1. The Balaban J connectivity index is 1.38. The van der Waals surface area contributed by atoms with E-state index in [2.05, 4.69) is 40.2 Å². The van der Waals surface area contributed by atoms with Gasteiger partial charge in [-0.2, -0.15) is 0 Å². The number of hydrogen-bond acceptors (Lipinski definition) is 8. The summed E-state index contributed by atoms with van der Waals surface area (Å²) in [6.07, 6.45) is 2.52. The fourth-order valence-corrected chi connectivity index (χ4v) is 6.33. The number of pyridine rings is 1. The summed E-state index contributed by atoms with van der Waals surface area (Å²) in [4.78, 5) is 22.1. The quantitative estimate of drug-likeness (QED) is 0.104. The Morgan fingerprint density at radius 1 is 0.851 bits per heavy atom. The zero-order valence-electron chi connectivity index (χ0n) is 27.2. The Morgan fingerprint density at radius 2 is 1.45 bits per heavy atom. The van der Waals surface area contributed by atoms with Crippen molar-refractivity contribution in [3.63, 3.8) is 0 Å². The summed E-state index contributed by atoms with van der Waals surface area (Å²) in [7, 11) is 3.27. The van der Waals surface area contributed by atoms with E-state index in [1.54, 1.807) is 14.2 Å². The lowest BCUT2D eigenvalue weighted by atomic mass is 10.0. The molecule has 1 aliphatic heterocycles. The molecule has 1 aromatic heterocycles. The van der Waals surface area contributed by atoms with Gasteiger partial charge in [-0.25, -0.2) is 4.98 Å². The lowest BCUT2D eigenvalue weighted by molar-refractivity contribution is -0.383. The number of aromatic nitrogens is 1. The third-order valence-corrected chi connectivity index (χ3v) is 8.86. The molecule has 9 heteroatoms. The first-order valence-corrected chi connectivity index (χ1v) is 16.0. The molecule has 0 aliphatic carbocycles. The number of methoxy groups -OCH3 is 2. The molecule has 0 radical (unpaired) electrons. The van der Waals surface area contributed by atoms with Gasteiger partial charge < -0.3 is 19.7 Å². The smallest absolute Gasteiger partial charge is 0.335 e. The van der Waals surface area contributed by atoms with E-state index in [1.165, 1.54) is 24.0 Å². The third-order valence-electron chi connectivity index (χ3n) is 8.86. The van der Waals surface area contributed by atoms with Gasteiger partial charge in [0.1, 0.15) is 17.2 Å². The minimum Gasteiger partial charge on any atom is -0.497 e. The fourth-order valence-electron chi connectivity index (χ4n) is 6.33. The van der Waals surface area contributed by atoms with Crippen LogP contribution in [0.2, 0.25) is 0 Å². The topological polar surface area (TPSA) is 93.0 Å². The monoisotopic (exact) mass is 631 g/mol. The predicted molar refractivity (Wildman–Crippen MR) is 187 cm³/mol. The molecule has 242 valence electrons. The largest absolute Gasteiger partial charge is 0.497 e. The third kappa shape index (κ3) is 7.47. The van der Waals surface area contributed by atoms with Crippen LogP contribution in [-0.2, 0) is 26.2 Å². The van der Waals surface area contributed by atoms with Crippen LogP contribution >= 0.6 is 0 Å². The van der Waals surface area contributed by atoms with Gasteiger partial charge in [0.2, 0.25) is 5.82 Å². The van der Waals surface area contributed by atoms with Gasteiger partial charge in [-0.15, -0.1) is 0 Å². The van der Waals surface area contributed by atoms with Gasteiger partial charge in [0, 0.05) is 31.6 Å². The molecule has 0 spiro atoms. The molecule has 1 fully saturated rings. The van der Waals surface area contributed by atoms with Gasteiger partial charge in [-0.05, 0) is 91.0 Å². The molecule has 0 saturated carbocycles. The molecule has 9 nitrogen and oxygen atoms in total. The number of likely N-dealkylation sites (tertiary alicyclic amines) is 1. The van der Waals surface area contributed by atoms with Gasteiger partial charge >= 0.3 is 5.69 Å². The van der Waals surface area contributed by atoms with Gasteiger partial charge in [-0.1, -0.05) is 60.7 Å². The van der Waals surface area contributed by atoms with E-state index in [0.717, 1.165) is 47.8 Å². The van der Waals surface area contributed by atoms with Crippen LogP contribution < -0.4 is 19.7 Å². The molecule has 47 heavy (non-hydrogen) atoms. The molecule has 4 aromatic carbocycles. The molecule has 1 aliphatic rings. The lowest BCUT2D eigenvalue weighted by Gasteiger charge is -2.27. The molecular weight excluding hydrogens is 590 g/mol. The van der Waals surface area contributed by atoms with Crippen molar-refractivity contribution in [2.75, 3.05) is 37.5 Å². The van der Waals surface area contributed by atoms with Crippen LogP contribution in [0.5, 0.6) is 11.5 Å². The highest BCUT2D eigenvalue weighted by Crippen LogP contribution is 2.42. The number of anilines is 2. The van der Waals surface area contributed by atoms with Crippen LogP contribution in [0, 0.1) is 17.0 Å². The number of hydrogen-bond donors (Lipinski definition) is 1. The number of nitro groups is 1. The first-order valence-electron chi connectivity index (χ1n) is 16.0. The molecule has 1 N–H and O–H groups in total. The second kappa shape index (κ2) is 14.5. The van der Waals surface area contributed by atoms with Crippen LogP contribution in [-0.4, -0.2) is 42.1 Å². The molecule has 0 bridgehead atoms. The maximum atomic E-state index is 13.0. The summed E-state index contributed by atoms with van der Waals surface area (Å²) >= 11 is 0. The maximum absolute atomic E-state index is 13.0. The Kier molecular flexibility index (Phi) is 9.83. The van der Waals surface area contributed by atoms with Crippen molar-refractivity contribution in [3.05, 3.63) is 129 Å². The first-order chi connectivity index (χ1) is 22.9. The van der Waals surface area contributed by atoms with E-state index in [1.807, 2.05) is 72.8 Å². The Labute approximate surface area is 275 Å². The van der Waals surface area contributed by atoms with E-state index in [-0.39, 0.29) is 16.4 Å². The number of nitrogens with zero attached hydrogens (tertiary/aromatic N) is 4. The zero-order chi connectivity index (χ0) is 32.8. The maximum Gasteiger partial charge on any atom is 0.335 e. The van der Waals surface area contributed by atoms with Crippen molar-refractivity contribution < 1.29 is 14.4 Å². The molecular formula is C38H41N5O4. The molecule has 0 amide bonds. The fraction of sp³-hybridized carbons (Fsp3) is 0.289. The van der Waals surface area contributed by atoms with Crippen LogP contribution in [0.15, 0.2) is 91.0 Å². The van der Waals surface area contributed by atoms with Crippen LogP contribution in [0.25, 0.3) is 10.9 Å². The van der Waals surface area contributed by atoms with Crippen molar-refractivity contribution in [2.24, 2.45) is 0 Å². The SMILES string of the molecule is COc1ccc(CN(Cc2ccc(OC)cc2)c2c([N+](=O)[O-])c(NCc3ccc(CN4CCCC4)c(C)c3)nc3ccccc23)cc1. The average Bonchev–Trinajstić information content (AvgIpc) is 3.61. The van der Waals surface area contributed by atoms with Crippen molar-refractivity contribution in [1.29, 1.82) is 0 Å². The Bertz CT molecular complexity index is 1790. The summed E-state index contributed by atoms with van der Waals surface area (Å²) in [5.74, 6) is 1.75. The highest BCUT2D eigenvalue weighted by atomic mass is 16.6. The van der Waals surface area contributed by atoms with E-state index in [9.17, 15) is 10.1 Å². The Hall–Kier alpha value is -5.15. The summed E-state index contributed by atoms with van der Waals surface area (Å²) in [5, 5.41) is 17.1. The van der Waals surface area contributed by atoms with E-state index in [0.29, 0.717) is 36.2 Å². The molecule has 2 heterocycles. The van der Waals surface area contributed by atoms with Gasteiger partial charge in [0.15, 0.2) is 0 Å². The average molecular weight is 632 g/mol. The number of fused-ring (bicyclic) bond motifs is 1. The molecule has 6 rings (SSSR count). The van der Waals surface area contributed by atoms with Crippen LogP contribution in [0.3, 0.4) is 0 Å². The van der Waals surface area contributed by atoms with Crippen molar-refractivity contribution >= 4 is 28.1 Å². The van der Waals surface area contributed by atoms with Crippen LogP contribution in [0.1, 0.15) is 40.7 Å².